The molecule has 0 atom stereocenters. The normalized spacial score (nSPS) is 11.2. The Balaban J connectivity index is 1.56. The molecule has 0 unspecified atom stereocenters. The maximum atomic E-state index is 12.7. The first-order valence-electron chi connectivity index (χ1n) is 9.66. The summed E-state index contributed by atoms with van der Waals surface area (Å²) in [5, 5.41) is 5.19. The van der Waals surface area contributed by atoms with Gasteiger partial charge in [-0.3, -0.25) is 4.79 Å². The maximum Gasteiger partial charge on any atom is 0.273 e. The monoisotopic (exact) mass is 450 g/mol. The molecule has 2 aromatic carbocycles. The van der Waals surface area contributed by atoms with E-state index in [0.717, 1.165) is 28.3 Å². The van der Waals surface area contributed by atoms with E-state index in [1.807, 2.05) is 79.3 Å². The summed E-state index contributed by atoms with van der Waals surface area (Å²) < 4.78 is 3.95. The number of para-hydroxylation sites is 1. The number of aromatic nitrogens is 2. The molecule has 2 heterocycles. The third-order valence-electron chi connectivity index (χ3n) is 5.03. The van der Waals surface area contributed by atoms with E-state index in [9.17, 15) is 4.79 Å². The van der Waals surface area contributed by atoms with Crippen LogP contribution in [0.3, 0.4) is 0 Å². The van der Waals surface area contributed by atoms with Gasteiger partial charge in [0.15, 0.2) is 0 Å². The van der Waals surface area contributed by atoms with E-state index < -0.39 is 0 Å². The zero-order valence-corrected chi connectivity index (χ0v) is 18.5. The number of benzene rings is 2. The van der Waals surface area contributed by atoms with Crippen LogP contribution in [0, 0.1) is 13.8 Å². The van der Waals surface area contributed by atoms with Crippen molar-refractivity contribution in [3.05, 3.63) is 106 Å². The largest absolute Gasteiger partial charge is 0.323 e. The number of carbonyl (C=O) groups is 1. The van der Waals surface area contributed by atoms with Crippen molar-refractivity contribution in [3.63, 3.8) is 0 Å². The molecule has 0 saturated carbocycles. The molecule has 31 heavy (non-hydrogen) atoms. The third kappa shape index (κ3) is 4.29. The van der Waals surface area contributed by atoms with Gasteiger partial charge in [0.2, 0.25) is 0 Å². The average Bonchev–Trinajstić information content (AvgIpc) is 3.39. The molecular formula is C24H20Cl2N4O. The van der Waals surface area contributed by atoms with E-state index in [1.165, 1.54) is 0 Å². The van der Waals surface area contributed by atoms with Crippen LogP contribution in [-0.4, -0.2) is 21.3 Å². The van der Waals surface area contributed by atoms with E-state index in [-0.39, 0.29) is 5.91 Å². The zero-order valence-electron chi connectivity index (χ0n) is 17.0. The second-order valence-electron chi connectivity index (χ2n) is 7.07. The van der Waals surface area contributed by atoms with Gasteiger partial charge in [-0.15, -0.1) is 0 Å². The molecule has 0 aliphatic heterocycles. The van der Waals surface area contributed by atoms with Gasteiger partial charge < -0.3 is 9.13 Å². The quantitative estimate of drug-likeness (QED) is 0.296. The second-order valence-corrected chi connectivity index (χ2v) is 7.88. The number of halogens is 2. The van der Waals surface area contributed by atoms with E-state index in [2.05, 4.69) is 15.1 Å². The van der Waals surface area contributed by atoms with Gasteiger partial charge in [-0.2, -0.15) is 5.10 Å². The molecule has 1 amide bonds. The Bertz CT molecular complexity index is 1270. The van der Waals surface area contributed by atoms with Crippen LogP contribution in [0.5, 0.6) is 0 Å². The molecule has 0 aliphatic rings. The Morgan fingerprint density at radius 3 is 2.45 bits per heavy atom. The minimum absolute atomic E-state index is 0.279. The summed E-state index contributed by atoms with van der Waals surface area (Å²) in [4.78, 5) is 12.7. The summed E-state index contributed by atoms with van der Waals surface area (Å²) in [6.07, 6.45) is 5.44. The van der Waals surface area contributed by atoms with Crippen LogP contribution in [0.1, 0.15) is 27.3 Å². The van der Waals surface area contributed by atoms with Crippen LogP contribution < -0.4 is 5.43 Å². The number of hydrogen-bond acceptors (Lipinski definition) is 2. The van der Waals surface area contributed by atoms with Crippen molar-refractivity contribution in [2.45, 2.75) is 13.8 Å². The minimum atomic E-state index is -0.279. The Morgan fingerprint density at radius 1 is 0.968 bits per heavy atom. The van der Waals surface area contributed by atoms with Gasteiger partial charge in [0.1, 0.15) is 0 Å². The van der Waals surface area contributed by atoms with Crippen LogP contribution >= 0.6 is 23.2 Å². The maximum absolute atomic E-state index is 12.7. The van der Waals surface area contributed by atoms with Gasteiger partial charge in [-0.25, -0.2) is 5.43 Å². The van der Waals surface area contributed by atoms with Gasteiger partial charge in [0, 0.05) is 35.0 Å². The first kappa shape index (κ1) is 21.0. The number of nitrogens with one attached hydrogen (secondary N) is 1. The number of hydrogen-bond donors (Lipinski definition) is 1. The highest BCUT2D eigenvalue weighted by Gasteiger charge is 2.13. The first-order valence-corrected chi connectivity index (χ1v) is 10.4. The Labute approximate surface area is 190 Å². The van der Waals surface area contributed by atoms with Crippen molar-refractivity contribution in [3.8, 4) is 11.4 Å². The van der Waals surface area contributed by atoms with E-state index >= 15 is 0 Å². The van der Waals surface area contributed by atoms with E-state index in [4.69, 9.17) is 23.2 Å². The lowest BCUT2D eigenvalue weighted by molar-refractivity contribution is 0.0955. The van der Waals surface area contributed by atoms with Gasteiger partial charge in [0.05, 0.1) is 27.5 Å². The van der Waals surface area contributed by atoms with Gasteiger partial charge >= 0.3 is 0 Å². The Morgan fingerprint density at radius 2 is 1.71 bits per heavy atom. The Hall–Kier alpha value is -3.28. The fraction of sp³-hybridized carbons (Fsp3) is 0.0833. The van der Waals surface area contributed by atoms with Crippen molar-refractivity contribution in [1.29, 1.82) is 0 Å². The Kier molecular flexibility index (Phi) is 5.98. The standard InChI is InChI=1S/C24H20Cl2N4O/c1-16-13-18(17(2)30(16)19-9-10-21(25)22(26)14-19)15-27-28-24(31)20-7-3-4-8-23(20)29-11-5-6-12-29/h3-15H,1-2H3,(H,28,31). The molecule has 5 nitrogen and oxygen atoms in total. The SMILES string of the molecule is Cc1cc(C=NNC(=O)c2ccccc2-n2cccc2)c(C)n1-c1ccc(Cl)c(Cl)c1. The highest BCUT2D eigenvalue weighted by atomic mass is 35.5. The predicted molar refractivity (Wildman–Crippen MR) is 126 cm³/mol. The molecule has 156 valence electrons. The number of nitrogens with zero attached hydrogens (tertiary/aromatic N) is 3. The molecule has 0 aliphatic carbocycles. The summed E-state index contributed by atoms with van der Waals surface area (Å²) in [7, 11) is 0. The number of hydrazone groups is 1. The van der Waals surface area contributed by atoms with Crippen molar-refractivity contribution in [2.24, 2.45) is 5.10 Å². The summed E-state index contributed by atoms with van der Waals surface area (Å²) in [6.45, 7) is 3.98. The molecule has 0 saturated heterocycles. The summed E-state index contributed by atoms with van der Waals surface area (Å²) in [5.74, 6) is -0.279. The van der Waals surface area contributed by atoms with Gasteiger partial charge in [-0.1, -0.05) is 35.3 Å². The smallest absolute Gasteiger partial charge is 0.273 e. The summed E-state index contributed by atoms with van der Waals surface area (Å²) in [5.41, 5.74) is 7.75. The fourth-order valence-corrected chi connectivity index (χ4v) is 3.84. The van der Waals surface area contributed by atoms with Crippen molar-refractivity contribution in [2.75, 3.05) is 0 Å². The molecule has 4 rings (SSSR count). The second kappa shape index (κ2) is 8.84. The molecule has 0 fully saturated rings. The average molecular weight is 451 g/mol. The van der Waals surface area contributed by atoms with Crippen molar-refractivity contribution in [1.82, 2.24) is 14.6 Å². The van der Waals surface area contributed by atoms with Crippen LogP contribution in [0.25, 0.3) is 11.4 Å². The fourth-order valence-electron chi connectivity index (χ4n) is 3.55. The molecule has 0 spiro atoms. The van der Waals surface area contributed by atoms with Crippen LogP contribution in [0.15, 0.2) is 78.2 Å². The highest BCUT2D eigenvalue weighted by Crippen LogP contribution is 2.27. The van der Waals surface area contributed by atoms with Gasteiger partial charge in [-0.05, 0) is 62.4 Å². The molecule has 1 N–H and O–H groups in total. The number of rotatable bonds is 5. The summed E-state index contributed by atoms with van der Waals surface area (Å²) in [6, 6.07) is 18.7. The molecule has 2 aromatic heterocycles. The third-order valence-corrected chi connectivity index (χ3v) is 5.77. The number of aryl methyl sites for hydroxylation is 1. The lowest BCUT2D eigenvalue weighted by Gasteiger charge is -2.10. The molecule has 4 aromatic rings. The lowest BCUT2D eigenvalue weighted by Crippen LogP contribution is -2.19. The minimum Gasteiger partial charge on any atom is -0.323 e. The highest BCUT2D eigenvalue weighted by molar-refractivity contribution is 6.42. The molecular weight excluding hydrogens is 431 g/mol. The van der Waals surface area contributed by atoms with Crippen molar-refractivity contribution >= 4 is 35.3 Å². The van der Waals surface area contributed by atoms with Crippen LogP contribution in [-0.2, 0) is 0 Å². The zero-order chi connectivity index (χ0) is 22.0. The summed E-state index contributed by atoms with van der Waals surface area (Å²) >= 11 is 12.2. The first-order chi connectivity index (χ1) is 15.0. The van der Waals surface area contributed by atoms with Crippen molar-refractivity contribution < 1.29 is 4.79 Å². The topological polar surface area (TPSA) is 51.3 Å². The number of amides is 1. The van der Waals surface area contributed by atoms with Crippen LogP contribution in [0.2, 0.25) is 10.0 Å². The molecule has 0 radical (unpaired) electrons. The van der Waals surface area contributed by atoms with E-state index in [1.54, 1.807) is 18.3 Å². The van der Waals surface area contributed by atoms with Crippen LogP contribution in [0.4, 0.5) is 0 Å². The number of carbonyl (C=O) groups excluding carboxylic acids is 1. The lowest BCUT2D eigenvalue weighted by atomic mass is 10.1. The molecule has 0 bridgehead atoms. The molecule has 7 heteroatoms. The predicted octanol–water partition coefficient (Wildman–Crippen LogP) is 5.96. The van der Waals surface area contributed by atoms with Gasteiger partial charge in [0.25, 0.3) is 5.91 Å². The van der Waals surface area contributed by atoms with E-state index in [0.29, 0.717) is 15.6 Å².